The summed E-state index contributed by atoms with van der Waals surface area (Å²) in [7, 11) is 1.49. The van der Waals surface area contributed by atoms with Gasteiger partial charge in [-0.25, -0.2) is 4.57 Å². The molecule has 0 radical (unpaired) electrons. The molecule has 73 heavy (non-hydrogen) atoms. The van der Waals surface area contributed by atoms with Gasteiger partial charge in [0.25, 0.3) is 0 Å². The van der Waals surface area contributed by atoms with Crippen molar-refractivity contribution >= 4 is 19.8 Å². The van der Waals surface area contributed by atoms with E-state index >= 15 is 0 Å². The lowest BCUT2D eigenvalue weighted by atomic mass is 10.0. The fraction of sp³-hybridized carbons (Fsp3) is 0.873. The van der Waals surface area contributed by atoms with Crippen molar-refractivity contribution in [3.05, 3.63) is 36.5 Å². The number of nitrogens with zero attached hydrogens (tertiary/aromatic N) is 1. The summed E-state index contributed by atoms with van der Waals surface area (Å²) in [4.78, 5) is 35.6. The number of esters is 2. The molecule has 0 aromatic heterocycles. The number of ether oxygens (including phenoxy) is 2. The highest BCUT2D eigenvalue weighted by molar-refractivity contribution is 7.47. The molecule has 9 nitrogen and oxygen atoms in total. The first-order valence-corrected chi connectivity index (χ1v) is 32.7. The molecule has 0 aliphatic heterocycles. The van der Waals surface area contributed by atoms with Crippen LogP contribution in [0.5, 0.6) is 0 Å². The summed E-state index contributed by atoms with van der Waals surface area (Å²) in [5, 5.41) is 0. The van der Waals surface area contributed by atoms with Crippen molar-refractivity contribution < 1.29 is 42.1 Å². The molecule has 2 atom stereocenters. The second-order valence-corrected chi connectivity index (χ2v) is 23.9. The second kappa shape index (κ2) is 55.0. The molecule has 2 unspecified atom stereocenters. The van der Waals surface area contributed by atoms with Gasteiger partial charge in [0.05, 0.1) is 27.7 Å². The van der Waals surface area contributed by atoms with Gasteiger partial charge in [0.1, 0.15) is 19.8 Å². The number of phosphoric ester groups is 1. The summed E-state index contributed by atoms with van der Waals surface area (Å²) in [6, 6.07) is 0. The molecule has 0 fully saturated rings. The minimum absolute atomic E-state index is 0.0325. The smallest absolute Gasteiger partial charge is 0.462 e. The van der Waals surface area contributed by atoms with E-state index in [1.54, 1.807) is 0 Å². The van der Waals surface area contributed by atoms with E-state index in [9.17, 15) is 19.0 Å². The lowest BCUT2D eigenvalue weighted by molar-refractivity contribution is -0.870. The number of unbranched alkanes of at least 4 members (excludes halogenated alkanes) is 38. The van der Waals surface area contributed by atoms with Crippen molar-refractivity contribution in [1.29, 1.82) is 0 Å². The van der Waals surface area contributed by atoms with Crippen LogP contribution < -0.4 is 0 Å². The molecule has 430 valence electrons. The molecule has 0 bridgehead atoms. The van der Waals surface area contributed by atoms with Crippen LogP contribution in [0.3, 0.4) is 0 Å². The van der Waals surface area contributed by atoms with Gasteiger partial charge in [-0.05, 0) is 70.6 Å². The van der Waals surface area contributed by atoms with Crippen LogP contribution in [0.2, 0.25) is 0 Å². The molecule has 10 heteroatoms. The highest BCUT2D eigenvalue weighted by Gasteiger charge is 2.27. The Morgan fingerprint density at radius 2 is 0.740 bits per heavy atom. The standard InChI is InChI=1S/C63H120NO8P/c1-6-8-10-12-14-16-18-20-22-23-24-25-26-27-28-29-30-31-32-33-34-35-36-37-38-39-40-41-42-44-46-48-50-52-54-56-63(66)72-61(60-71-73(67,68)70-58-57-64(3,4)5)59-69-62(65)55-53-51-49-47-45-43-21-19-17-15-13-11-9-7-2/h18-21,23-24,61H,6-17,22,25-60H2,1-5H3/p+1/b20-18-,21-19-,24-23-. The number of carbonyl (C=O) groups is 2. The predicted molar refractivity (Wildman–Crippen MR) is 312 cm³/mol. The quantitative estimate of drug-likeness (QED) is 0.0211. The molecule has 0 saturated heterocycles. The van der Waals surface area contributed by atoms with Crippen molar-refractivity contribution in [3.8, 4) is 0 Å². The molecule has 0 spiro atoms. The van der Waals surface area contributed by atoms with Crippen molar-refractivity contribution in [3.63, 3.8) is 0 Å². The number of allylic oxidation sites excluding steroid dienone is 6. The van der Waals surface area contributed by atoms with E-state index in [0.717, 1.165) is 57.8 Å². The largest absolute Gasteiger partial charge is 0.472 e. The SMILES string of the molecule is CCCCCCC/C=C\C/C=C\CCCCCCCCCCCCCCCCCCCCCCCCCC(=O)OC(COC(=O)CCCCCCC/C=C\CCCCCCC)COP(=O)(O)OCC[N+](C)(C)C. The highest BCUT2D eigenvalue weighted by Crippen LogP contribution is 2.43. The number of phosphoric acid groups is 1. The molecule has 0 aliphatic rings. The van der Waals surface area contributed by atoms with Crippen LogP contribution in [0.15, 0.2) is 36.5 Å². The fourth-order valence-corrected chi connectivity index (χ4v) is 9.78. The number of likely N-dealkylation sites (N-methyl/N-ethyl adjacent to an activating group) is 1. The van der Waals surface area contributed by atoms with Gasteiger partial charge >= 0.3 is 19.8 Å². The average Bonchev–Trinajstić information content (AvgIpc) is 3.35. The first kappa shape index (κ1) is 71.2. The van der Waals surface area contributed by atoms with Crippen molar-refractivity contribution in [2.24, 2.45) is 0 Å². The van der Waals surface area contributed by atoms with E-state index in [2.05, 4.69) is 50.3 Å². The Hall–Kier alpha value is -1.77. The lowest BCUT2D eigenvalue weighted by Gasteiger charge is -2.24. The van der Waals surface area contributed by atoms with E-state index in [4.69, 9.17) is 18.5 Å². The number of rotatable bonds is 58. The van der Waals surface area contributed by atoms with Crippen molar-refractivity contribution in [2.45, 2.75) is 309 Å². The fourth-order valence-electron chi connectivity index (χ4n) is 9.04. The van der Waals surface area contributed by atoms with Crippen molar-refractivity contribution in [2.75, 3.05) is 47.5 Å². The van der Waals surface area contributed by atoms with Gasteiger partial charge in [0.15, 0.2) is 6.10 Å². The van der Waals surface area contributed by atoms with Crippen LogP contribution in [0.1, 0.15) is 303 Å². The van der Waals surface area contributed by atoms with Gasteiger partial charge in [0, 0.05) is 12.8 Å². The summed E-state index contributed by atoms with van der Waals surface area (Å²) in [5.74, 6) is -0.794. The van der Waals surface area contributed by atoms with Crippen molar-refractivity contribution in [1.82, 2.24) is 0 Å². The van der Waals surface area contributed by atoms with E-state index in [-0.39, 0.29) is 32.0 Å². The summed E-state index contributed by atoms with van der Waals surface area (Å²) in [6.07, 6.45) is 68.2. The second-order valence-electron chi connectivity index (χ2n) is 22.4. The zero-order valence-corrected chi connectivity index (χ0v) is 49.8. The molecular weight excluding hydrogens is 930 g/mol. The van der Waals surface area contributed by atoms with Crippen LogP contribution in [-0.4, -0.2) is 74.9 Å². The van der Waals surface area contributed by atoms with Gasteiger partial charge in [0.2, 0.25) is 0 Å². The normalized spacial score (nSPS) is 13.5. The number of quaternary nitrogens is 1. The molecule has 0 heterocycles. The Morgan fingerprint density at radius 3 is 1.10 bits per heavy atom. The van der Waals surface area contributed by atoms with E-state index in [0.29, 0.717) is 17.4 Å². The van der Waals surface area contributed by atoms with Gasteiger partial charge in [-0.15, -0.1) is 0 Å². The van der Waals surface area contributed by atoms with Crippen LogP contribution in [0.4, 0.5) is 0 Å². The first-order chi connectivity index (χ1) is 35.5. The number of hydrogen-bond acceptors (Lipinski definition) is 7. The van der Waals surface area contributed by atoms with Gasteiger partial charge in [-0.1, -0.05) is 256 Å². The Bertz CT molecular complexity index is 1330. The summed E-state index contributed by atoms with van der Waals surface area (Å²) >= 11 is 0. The average molecular weight is 1050 g/mol. The molecule has 1 N–H and O–H groups in total. The van der Waals surface area contributed by atoms with E-state index < -0.39 is 26.5 Å². The molecule has 0 aliphatic carbocycles. The van der Waals surface area contributed by atoms with Gasteiger partial charge in [-0.2, -0.15) is 0 Å². The monoisotopic (exact) mass is 1050 g/mol. The first-order valence-electron chi connectivity index (χ1n) is 31.2. The number of hydrogen-bond donors (Lipinski definition) is 1. The Labute approximate surface area is 452 Å². The molecule has 0 rings (SSSR count). The molecule has 0 aromatic carbocycles. The maximum Gasteiger partial charge on any atom is 0.472 e. The molecule has 0 aromatic rings. The minimum atomic E-state index is -4.38. The third-order valence-electron chi connectivity index (χ3n) is 13.9. The predicted octanol–water partition coefficient (Wildman–Crippen LogP) is 19.5. The summed E-state index contributed by atoms with van der Waals surface area (Å²) in [6.45, 7) is 4.44. The molecule has 0 saturated carbocycles. The van der Waals surface area contributed by atoms with Crippen LogP contribution in [0, 0.1) is 0 Å². The minimum Gasteiger partial charge on any atom is -0.462 e. The van der Waals surface area contributed by atoms with Crippen LogP contribution >= 0.6 is 7.82 Å². The molecule has 0 amide bonds. The highest BCUT2D eigenvalue weighted by atomic mass is 31.2. The zero-order chi connectivity index (χ0) is 53.5. The summed E-state index contributed by atoms with van der Waals surface area (Å²) in [5.41, 5.74) is 0. The van der Waals surface area contributed by atoms with Crippen LogP contribution in [0.25, 0.3) is 0 Å². The zero-order valence-electron chi connectivity index (χ0n) is 48.9. The van der Waals surface area contributed by atoms with E-state index in [1.807, 2.05) is 21.1 Å². The van der Waals surface area contributed by atoms with Crippen LogP contribution in [-0.2, 0) is 32.7 Å². The Balaban J connectivity index is 3.94. The van der Waals surface area contributed by atoms with Gasteiger partial charge in [-0.3, -0.25) is 18.6 Å². The number of carbonyl (C=O) groups excluding carboxylic acids is 2. The third kappa shape index (κ3) is 59.3. The Kier molecular flexibility index (Phi) is 53.7. The van der Waals surface area contributed by atoms with E-state index in [1.165, 1.54) is 212 Å². The van der Waals surface area contributed by atoms with Gasteiger partial charge < -0.3 is 18.9 Å². The topological polar surface area (TPSA) is 108 Å². The third-order valence-corrected chi connectivity index (χ3v) is 14.9. The Morgan fingerprint density at radius 1 is 0.425 bits per heavy atom. The maximum atomic E-state index is 12.8. The maximum absolute atomic E-state index is 12.8. The molecular formula is C63H121NO8P+. The lowest BCUT2D eigenvalue weighted by Crippen LogP contribution is -2.37. The summed E-state index contributed by atoms with van der Waals surface area (Å²) < 4.78 is 34.5.